The van der Waals surface area contributed by atoms with E-state index in [4.69, 9.17) is 9.47 Å². The highest BCUT2D eigenvalue weighted by Crippen LogP contribution is 2.34. The maximum atomic E-state index is 12.8. The van der Waals surface area contributed by atoms with Crippen LogP contribution in [-0.2, 0) is 9.47 Å². The van der Waals surface area contributed by atoms with Crippen LogP contribution in [0.3, 0.4) is 0 Å². The second-order valence-electron chi connectivity index (χ2n) is 11.9. The lowest BCUT2D eigenvalue weighted by molar-refractivity contribution is -0.231. The molecule has 13 heteroatoms. The molecule has 4 rings (SSSR count). The van der Waals surface area contributed by atoms with Crippen molar-refractivity contribution >= 4 is 11.7 Å². The summed E-state index contributed by atoms with van der Waals surface area (Å²) in [6.07, 6.45) is -8.67. The van der Waals surface area contributed by atoms with Gasteiger partial charge in [0.1, 0.15) is 61.0 Å². The largest absolute Gasteiger partial charge is 0.394 e. The van der Waals surface area contributed by atoms with Crippen molar-refractivity contribution in [1.82, 2.24) is 5.32 Å². The molecule has 2 aromatic carbocycles. The Morgan fingerprint density at radius 1 is 0.609 bits per heavy atom. The van der Waals surface area contributed by atoms with Crippen molar-refractivity contribution in [1.29, 1.82) is 0 Å². The van der Waals surface area contributed by atoms with Crippen LogP contribution in [0.5, 0.6) is 0 Å². The molecule has 0 bridgehead atoms. The van der Waals surface area contributed by atoms with Crippen LogP contribution in [0, 0.1) is 0 Å². The Kier molecular flexibility index (Phi) is 13.2. The van der Waals surface area contributed by atoms with Crippen LogP contribution in [0.4, 0.5) is 0 Å². The van der Waals surface area contributed by atoms with E-state index >= 15 is 0 Å². The van der Waals surface area contributed by atoms with Crippen molar-refractivity contribution in [2.75, 3.05) is 19.8 Å². The summed E-state index contributed by atoms with van der Waals surface area (Å²) >= 11 is 0. The van der Waals surface area contributed by atoms with Gasteiger partial charge in [0.05, 0.1) is 13.2 Å². The molecule has 1 amide bonds. The predicted molar refractivity (Wildman–Crippen MR) is 163 cm³/mol. The van der Waals surface area contributed by atoms with Gasteiger partial charge in [0.25, 0.3) is 5.91 Å². The highest BCUT2D eigenvalue weighted by atomic mass is 16.6. The minimum absolute atomic E-state index is 0.0790. The Morgan fingerprint density at radius 3 is 1.63 bits per heavy atom. The third-order valence-corrected chi connectivity index (χ3v) is 8.67. The zero-order valence-electron chi connectivity index (χ0n) is 25.5. The number of ketones is 1. The Balaban J connectivity index is 1.16. The number of aliphatic hydroxyl groups excluding tert-OH is 8. The molecule has 9 N–H and O–H groups in total. The van der Waals surface area contributed by atoms with Crippen LogP contribution >= 0.6 is 0 Å². The first-order chi connectivity index (χ1) is 22.1. The molecule has 0 saturated carbocycles. The van der Waals surface area contributed by atoms with Gasteiger partial charge in [-0.1, -0.05) is 49.6 Å². The third kappa shape index (κ3) is 8.55. The summed E-state index contributed by atoms with van der Waals surface area (Å²) in [5, 5.41) is 82.7. The first-order valence-electron chi connectivity index (χ1n) is 15.7. The number of nitrogens with one attached hydrogen (secondary N) is 1. The molecule has 0 unspecified atom stereocenters. The summed E-state index contributed by atoms with van der Waals surface area (Å²) < 4.78 is 11.2. The average Bonchev–Trinajstić information content (AvgIpc) is 3.07. The molecule has 2 aliphatic rings. The van der Waals surface area contributed by atoms with Gasteiger partial charge < -0.3 is 55.6 Å². The number of hydrogen-bond acceptors (Lipinski definition) is 12. The molecule has 2 aromatic rings. The number of carbonyl (C=O) groups is 2. The molecule has 0 radical (unpaired) electrons. The van der Waals surface area contributed by atoms with Gasteiger partial charge in [0.2, 0.25) is 0 Å². The SMILES string of the molecule is O=C(CCCCCCCNC(=O)c1cccc([C@H]2O[C@H](CO)[C@@H](O)[C@H](O)[C@H]2O)c1)c1cccc([C@H]2O[C@H](CO)[C@@H](O)[C@H](O)[C@@H]2O)c1. The maximum absolute atomic E-state index is 12.8. The van der Waals surface area contributed by atoms with Crippen LogP contribution in [-0.4, -0.2) is 121 Å². The lowest BCUT2D eigenvalue weighted by Gasteiger charge is -2.40. The highest BCUT2D eigenvalue weighted by Gasteiger charge is 2.45. The molecule has 13 nitrogen and oxygen atoms in total. The van der Waals surface area contributed by atoms with Gasteiger partial charge in [-0.05, 0) is 42.2 Å². The standard InChI is InChI=1S/C33H45NO12/c35-16-23-25(38)27(40)29(42)31(45-23)19-9-6-8-18(14-19)22(37)12-4-2-1-3-5-13-34-33(44)21-11-7-10-20(15-21)32-30(43)28(41)26(39)24(17-36)46-32/h6-11,14-15,23-32,35-36,38-43H,1-5,12-13,16-17H2,(H,34,44)/t23-,24-,25-,26-,27+,28+,29+,30-,31-,32-/m1/s1. The van der Waals surface area contributed by atoms with Crippen molar-refractivity contribution in [3.63, 3.8) is 0 Å². The van der Waals surface area contributed by atoms with Gasteiger partial charge in [0, 0.05) is 24.1 Å². The van der Waals surface area contributed by atoms with Crippen molar-refractivity contribution in [2.45, 2.75) is 99.6 Å². The number of ether oxygens (including phenoxy) is 2. The average molecular weight is 648 g/mol. The van der Waals surface area contributed by atoms with Gasteiger partial charge in [-0.3, -0.25) is 9.59 Å². The number of carbonyl (C=O) groups excluding carboxylic acids is 2. The molecule has 2 saturated heterocycles. The Labute approximate surface area is 267 Å². The molecule has 0 aromatic heterocycles. The second-order valence-corrected chi connectivity index (χ2v) is 11.9. The van der Waals surface area contributed by atoms with Crippen molar-refractivity contribution in [2.24, 2.45) is 0 Å². The monoisotopic (exact) mass is 647 g/mol. The van der Waals surface area contributed by atoms with Crippen molar-refractivity contribution in [3.8, 4) is 0 Å². The fourth-order valence-corrected chi connectivity index (χ4v) is 5.89. The van der Waals surface area contributed by atoms with Crippen LogP contribution in [0.1, 0.15) is 82.6 Å². The van der Waals surface area contributed by atoms with Crippen LogP contribution in [0.15, 0.2) is 48.5 Å². The third-order valence-electron chi connectivity index (χ3n) is 8.67. The maximum Gasteiger partial charge on any atom is 0.251 e. The summed E-state index contributed by atoms with van der Waals surface area (Å²) in [5.41, 5.74) is 1.67. The molecule has 46 heavy (non-hydrogen) atoms. The zero-order valence-corrected chi connectivity index (χ0v) is 25.5. The number of hydrogen-bond donors (Lipinski definition) is 9. The topological polar surface area (TPSA) is 226 Å². The van der Waals surface area contributed by atoms with E-state index in [1.54, 1.807) is 48.5 Å². The Hall–Kier alpha value is -2.82. The summed E-state index contributed by atoms with van der Waals surface area (Å²) in [4.78, 5) is 25.5. The van der Waals surface area contributed by atoms with Gasteiger partial charge in [-0.25, -0.2) is 0 Å². The predicted octanol–water partition coefficient (Wildman–Crippen LogP) is -0.330. The van der Waals surface area contributed by atoms with Crippen LogP contribution in [0.25, 0.3) is 0 Å². The quantitative estimate of drug-likeness (QED) is 0.0949. The minimum Gasteiger partial charge on any atom is -0.394 e. The number of aliphatic hydroxyl groups is 8. The summed E-state index contributed by atoms with van der Waals surface area (Å²) in [6, 6.07) is 13.0. The summed E-state index contributed by atoms with van der Waals surface area (Å²) in [6.45, 7) is -0.637. The van der Waals surface area contributed by atoms with Crippen molar-refractivity contribution < 1.29 is 59.9 Å². The lowest BCUT2D eigenvalue weighted by Crippen LogP contribution is -2.55. The second kappa shape index (κ2) is 16.8. The number of benzene rings is 2. The van der Waals surface area contributed by atoms with E-state index < -0.39 is 74.3 Å². The van der Waals surface area contributed by atoms with E-state index in [1.807, 2.05) is 0 Å². The summed E-state index contributed by atoms with van der Waals surface area (Å²) in [5.74, 6) is -0.396. The van der Waals surface area contributed by atoms with Crippen LogP contribution in [0.2, 0.25) is 0 Å². The van der Waals surface area contributed by atoms with E-state index in [0.29, 0.717) is 41.6 Å². The van der Waals surface area contributed by atoms with Crippen molar-refractivity contribution in [3.05, 3.63) is 70.8 Å². The van der Waals surface area contributed by atoms with E-state index in [0.717, 1.165) is 25.7 Å². The van der Waals surface area contributed by atoms with Crippen LogP contribution < -0.4 is 5.32 Å². The van der Waals surface area contributed by atoms with E-state index in [9.17, 15) is 50.4 Å². The summed E-state index contributed by atoms with van der Waals surface area (Å²) in [7, 11) is 0. The molecule has 10 atom stereocenters. The smallest absolute Gasteiger partial charge is 0.251 e. The van der Waals surface area contributed by atoms with E-state index in [2.05, 4.69) is 5.32 Å². The molecule has 0 spiro atoms. The normalized spacial score (nSPS) is 31.4. The molecule has 2 heterocycles. The van der Waals surface area contributed by atoms with E-state index in [1.165, 1.54) is 0 Å². The number of amides is 1. The lowest BCUT2D eigenvalue weighted by atomic mass is 9.90. The van der Waals surface area contributed by atoms with Gasteiger partial charge in [-0.15, -0.1) is 0 Å². The molecular weight excluding hydrogens is 602 g/mol. The van der Waals surface area contributed by atoms with Gasteiger partial charge >= 0.3 is 0 Å². The first kappa shape index (κ1) is 36.0. The van der Waals surface area contributed by atoms with Gasteiger partial charge in [-0.2, -0.15) is 0 Å². The molecule has 0 aliphatic carbocycles. The number of Topliss-reactive ketones (excluding diaryl/α,β-unsaturated/α-hetero) is 1. The Bertz CT molecular complexity index is 1190. The van der Waals surface area contributed by atoms with E-state index in [-0.39, 0.29) is 11.7 Å². The fourth-order valence-electron chi connectivity index (χ4n) is 5.89. The fraction of sp³-hybridized carbons (Fsp3) is 0.576. The molecule has 2 fully saturated rings. The molecule has 2 aliphatic heterocycles. The number of unbranched alkanes of at least 4 members (excludes halogenated alkanes) is 4. The first-order valence-corrected chi connectivity index (χ1v) is 15.7. The molecular formula is C33H45NO12. The highest BCUT2D eigenvalue weighted by molar-refractivity contribution is 5.96. The Morgan fingerprint density at radius 2 is 1.09 bits per heavy atom. The van der Waals surface area contributed by atoms with Gasteiger partial charge in [0.15, 0.2) is 5.78 Å². The molecule has 254 valence electrons. The minimum atomic E-state index is -1.51. The number of rotatable bonds is 14. The zero-order chi connectivity index (χ0) is 33.4.